The predicted octanol–water partition coefficient (Wildman–Crippen LogP) is 9.41. The van der Waals surface area contributed by atoms with Crippen LogP contribution in [0.2, 0.25) is 0 Å². The van der Waals surface area contributed by atoms with E-state index in [0.717, 1.165) is 11.1 Å². The summed E-state index contributed by atoms with van der Waals surface area (Å²) in [6.45, 7) is 4.61. The van der Waals surface area contributed by atoms with Crippen molar-refractivity contribution in [3.8, 4) is 33.8 Å². The van der Waals surface area contributed by atoms with Gasteiger partial charge in [0, 0.05) is 16.8 Å². The van der Waals surface area contributed by atoms with Crippen LogP contribution in [0.3, 0.4) is 0 Å². The van der Waals surface area contributed by atoms with Gasteiger partial charge in [0.25, 0.3) is 11.8 Å². The number of hydrogen-bond donors (Lipinski definition) is 4. The van der Waals surface area contributed by atoms with Crippen LogP contribution in [0.4, 0.5) is 11.4 Å². The van der Waals surface area contributed by atoms with Gasteiger partial charge in [-0.1, -0.05) is 86.6 Å². The minimum Gasteiger partial charge on any atom is -0.493 e. The van der Waals surface area contributed by atoms with E-state index in [9.17, 15) is 29.4 Å². The van der Waals surface area contributed by atoms with Crippen molar-refractivity contribution in [1.29, 1.82) is 0 Å². The van der Waals surface area contributed by atoms with E-state index in [1.165, 1.54) is 24.3 Å². The van der Waals surface area contributed by atoms with E-state index in [1.807, 2.05) is 74.5 Å². The monoisotopic (exact) mass is 734 g/mol. The Morgan fingerprint density at radius 2 is 0.836 bits per heavy atom. The number of amides is 2. The molecule has 0 atom stereocenters. The summed E-state index contributed by atoms with van der Waals surface area (Å²) in [4.78, 5) is 50.2. The number of carbonyl (C=O) groups is 4. The van der Waals surface area contributed by atoms with Gasteiger partial charge in [0.15, 0.2) is 0 Å². The van der Waals surface area contributed by atoms with Crippen LogP contribution in [0.1, 0.15) is 55.3 Å². The Morgan fingerprint density at radius 1 is 0.473 bits per heavy atom. The molecule has 10 heteroatoms. The Bertz CT molecular complexity index is 2160. The van der Waals surface area contributed by atoms with Crippen molar-refractivity contribution in [2.24, 2.45) is 5.41 Å². The van der Waals surface area contributed by atoms with E-state index in [4.69, 9.17) is 9.47 Å². The molecule has 6 aromatic rings. The number of hydrogen-bond acceptors (Lipinski definition) is 6. The number of rotatable bonds is 14. The van der Waals surface area contributed by atoms with Crippen LogP contribution in [0.25, 0.3) is 22.3 Å². The fourth-order valence-corrected chi connectivity index (χ4v) is 5.72. The summed E-state index contributed by atoms with van der Waals surface area (Å²) in [6, 6.07) is 41.7. The zero-order chi connectivity index (χ0) is 39.0. The molecule has 0 aliphatic rings. The number of nitrogens with one attached hydrogen (secondary N) is 2. The third-order valence-electron chi connectivity index (χ3n) is 8.69. The summed E-state index contributed by atoms with van der Waals surface area (Å²) in [6.07, 6.45) is 0. The highest BCUT2D eigenvalue weighted by molar-refractivity contribution is 6.12. The second-order valence-corrected chi connectivity index (χ2v) is 13.6. The summed E-state index contributed by atoms with van der Waals surface area (Å²) < 4.78 is 12.0. The number of carbonyl (C=O) groups excluding carboxylic acids is 2. The molecule has 0 aliphatic carbocycles. The summed E-state index contributed by atoms with van der Waals surface area (Å²) in [5, 5.41) is 25.2. The zero-order valence-electron chi connectivity index (χ0n) is 30.1. The third kappa shape index (κ3) is 9.62. The van der Waals surface area contributed by atoms with E-state index in [-0.39, 0.29) is 22.3 Å². The molecule has 0 saturated carbocycles. The van der Waals surface area contributed by atoms with Gasteiger partial charge in [-0.3, -0.25) is 9.59 Å². The first-order chi connectivity index (χ1) is 26.5. The lowest BCUT2D eigenvalue weighted by Crippen LogP contribution is -2.28. The topological polar surface area (TPSA) is 151 Å². The fourth-order valence-electron chi connectivity index (χ4n) is 5.72. The number of carboxylic acid groups (broad SMARTS) is 2. The van der Waals surface area contributed by atoms with Crippen LogP contribution < -0.4 is 20.1 Å². The van der Waals surface area contributed by atoms with Crippen molar-refractivity contribution in [3.63, 3.8) is 0 Å². The molecule has 6 aromatic carbocycles. The van der Waals surface area contributed by atoms with Crippen LogP contribution in [0, 0.1) is 5.41 Å². The first kappa shape index (κ1) is 37.6. The first-order valence-corrected chi connectivity index (χ1v) is 17.4. The Kier molecular flexibility index (Phi) is 11.4. The number of benzene rings is 6. The molecule has 0 fully saturated rings. The average molecular weight is 735 g/mol. The van der Waals surface area contributed by atoms with E-state index < -0.39 is 29.2 Å². The molecule has 4 N–H and O–H groups in total. The van der Waals surface area contributed by atoms with Crippen molar-refractivity contribution in [3.05, 3.63) is 168 Å². The Morgan fingerprint density at radius 3 is 1.18 bits per heavy atom. The minimum atomic E-state index is -1.20. The lowest BCUT2D eigenvalue weighted by atomic mass is 9.96. The Hall–Kier alpha value is -7.20. The van der Waals surface area contributed by atoms with Gasteiger partial charge < -0.3 is 30.3 Å². The van der Waals surface area contributed by atoms with Crippen LogP contribution in [-0.4, -0.2) is 47.2 Å². The highest BCUT2D eigenvalue weighted by Gasteiger charge is 2.22. The molecule has 0 spiro atoms. The van der Waals surface area contributed by atoms with E-state index >= 15 is 0 Å². The Balaban J connectivity index is 0.993. The van der Waals surface area contributed by atoms with Gasteiger partial charge in [0.05, 0.1) is 35.5 Å². The normalized spacial score (nSPS) is 10.9. The third-order valence-corrected chi connectivity index (χ3v) is 8.69. The number of anilines is 2. The van der Waals surface area contributed by atoms with Gasteiger partial charge in [-0.15, -0.1) is 0 Å². The standard InChI is InChI=1S/C45H38N2O8/c1-45(2,27-54-35-19-15-33(16-20-35)46-41(48)37-23-13-31(25-39(37)43(50)51)29-9-5-3-6-10-29)28-55-36-21-17-34(18-22-36)47-42(49)38-24-14-32(26-40(38)44(52)53)30-11-7-4-8-12-30/h3-26H,27-28H2,1-2H3,(H,46,48)(H,47,49)(H,50,51)(H,52,53). The summed E-state index contributed by atoms with van der Waals surface area (Å²) in [5.74, 6) is -2.33. The van der Waals surface area contributed by atoms with Gasteiger partial charge >= 0.3 is 11.9 Å². The van der Waals surface area contributed by atoms with E-state index in [0.29, 0.717) is 47.2 Å². The zero-order valence-corrected chi connectivity index (χ0v) is 30.1. The van der Waals surface area contributed by atoms with Crippen molar-refractivity contribution < 1.29 is 38.9 Å². The first-order valence-electron chi connectivity index (χ1n) is 17.4. The van der Waals surface area contributed by atoms with Crippen molar-refractivity contribution >= 4 is 35.1 Å². The molecular weight excluding hydrogens is 697 g/mol. The van der Waals surface area contributed by atoms with Gasteiger partial charge in [-0.25, -0.2) is 9.59 Å². The van der Waals surface area contributed by atoms with E-state index in [1.54, 1.807) is 60.7 Å². The second-order valence-electron chi connectivity index (χ2n) is 13.6. The molecule has 0 unspecified atom stereocenters. The molecule has 0 radical (unpaired) electrons. The quantitative estimate of drug-likeness (QED) is 0.0864. The Labute approximate surface area is 318 Å². The fraction of sp³-hybridized carbons (Fsp3) is 0.111. The molecule has 10 nitrogen and oxygen atoms in total. The average Bonchev–Trinajstić information content (AvgIpc) is 3.20. The molecule has 55 heavy (non-hydrogen) atoms. The number of ether oxygens (including phenoxy) is 2. The maximum atomic E-state index is 13.1. The summed E-state index contributed by atoms with van der Waals surface area (Å²) >= 11 is 0. The maximum absolute atomic E-state index is 13.1. The van der Waals surface area contributed by atoms with Crippen molar-refractivity contribution in [2.45, 2.75) is 13.8 Å². The molecular formula is C45H38N2O8. The number of aromatic carboxylic acids is 2. The van der Waals surface area contributed by atoms with Crippen molar-refractivity contribution in [2.75, 3.05) is 23.8 Å². The smallest absolute Gasteiger partial charge is 0.336 e. The molecule has 0 heterocycles. The van der Waals surface area contributed by atoms with Gasteiger partial charge in [0.2, 0.25) is 0 Å². The van der Waals surface area contributed by atoms with Gasteiger partial charge in [-0.2, -0.15) is 0 Å². The molecule has 0 aromatic heterocycles. The number of carboxylic acids is 2. The highest BCUT2D eigenvalue weighted by Crippen LogP contribution is 2.27. The molecule has 2 amide bonds. The van der Waals surface area contributed by atoms with Crippen LogP contribution in [0.5, 0.6) is 11.5 Å². The maximum Gasteiger partial charge on any atom is 0.336 e. The summed E-state index contributed by atoms with van der Waals surface area (Å²) in [5.41, 5.74) is 3.55. The van der Waals surface area contributed by atoms with Gasteiger partial charge in [-0.05, 0) is 95.1 Å². The van der Waals surface area contributed by atoms with Crippen LogP contribution >= 0.6 is 0 Å². The SMILES string of the molecule is CC(C)(COc1ccc(NC(=O)c2ccc(-c3ccccc3)cc2C(=O)O)cc1)COc1ccc(NC(=O)c2ccc(-c3ccccc3)cc2C(=O)O)cc1. The molecule has 0 saturated heterocycles. The lowest BCUT2D eigenvalue weighted by Gasteiger charge is -2.25. The predicted molar refractivity (Wildman–Crippen MR) is 211 cm³/mol. The van der Waals surface area contributed by atoms with Crippen LogP contribution in [0.15, 0.2) is 146 Å². The minimum absolute atomic E-state index is 0.0490. The molecule has 276 valence electrons. The highest BCUT2D eigenvalue weighted by atomic mass is 16.5. The largest absolute Gasteiger partial charge is 0.493 e. The van der Waals surface area contributed by atoms with E-state index in [2.05, 4.69) is 10.6 Å². The molecule has 6 rings (SSSR count). The van der Waals surface area contributed by atoms with Crippen LogP contribution in [-0.2, 0) is 0 Å². The lowest BCUT2D eigenvalue weighted by molar-refractivity contribution is 0.0683. The summed E-state index contributed by atoms with van der Waals surface area (Å²) in [7, 11) is 0. The molecule has 0 bridgehead atoms. The van der Waals surface area contributed by atoms with Gasteiger partial charge in [0.1, 0.15) is 11.5 Å². The van der Waals surface area contributed by atoms with Crippen molar-refractivity contribution in [1.82, 2.24) is 0 Å². The second kappa shape index (κ2) is 16.6. The molecule has 0 aliphatic heterocycles.